The Bertz CT molecular complexity index is 383. The Kier molecular flexibility index (Phi) is 6.28. The summed E-state index contributed by atoms with van der Waals surface area (Å²) in [6.07, 6.45) is 5.79. The summed E-state index contributed by atoms with van der Waals surface area (Å²) in [5.74, 6) is 1.31. The van der Waals surface area contributed by atoms with Crippen LogP contribution in [0, 0.1) is 11.8 Å². The van der Waals surface area contributed by atoms with E-state index in [-0.39, 0.29) is 5.54 Å². The van der Waals surface area contributed by atoms with E-state index in [0.717, 1.165) is 18.0 Å². The van der Waals surface area contributed by atoms with Gasteiger partial charge in [0.1, 0.15) is 0 Å². The molecule has 0 amide bonds. The lowest BCUT2D eigenvalue weighted by Gasteiger charge is -2.26. The van der Waals surface area contributed by atoms with Crippen LogP contribution in [0.1, 0.15) is 46.6 Å². The molecule has 1 atom stereocenters. The van der Waals surface area contributed by atoms with Gasteiger partial charge in [0.25, 0.3) is 0 Å². The van der Waals surface area contributed by atoms with Gasteiger partial charge >= 0.3 is 0 Å². The Labute approximate surface area is 123 Å². The summed E-state index contributed by atoms with van der Waals surface area (Å²) in [5.41, 5.74) is 1.37. The van der Waals surface area contributed by atoms with Crippen LogP contribution in [0.25, 0.3) is 0 Å². The van der Waals surface area contributed by atoms with Crippen LogP contribution >= 0.6 is 11.6 Å². The van der Waals surface area contributed by atoms with Crippen molar-refractivity contribution in [3.63, 3.8) is 0 Å². The number of rotatable bonds is 6. The highest BCUT2D eigenvalue weighted by atomic mass is 35.5. The first kappa shape index (κ1) is 16.5. The molecule has 0 aliphatic carbocycles. The molecule has 1 rings (SSSR count). The third-order valence-electron chi connectivity index (χ3n) is 3.09. The summed E-state index contributed by atoms with van der Waals surface area (Å²) in [6.45, 7) is 12.2. The van der Waals surface area contributed by atoms with Gasteiger partial charge in [-0.3, -0.25) is 4.98 Å². The first-order chi connectivity index (χ1) is 8.78. The molecule has 0 radical (unpaired) electrons. The monoisotopic (exact) mass is 282 g/mol. The van der Waals surface area contributed by atoms with E-state index in [1.165, 1.54) is 12.0 Å². The fourth-order valence-electron chi connectivity index (χ4n) is 2.24. The highest BCUT2D eigenvalue weighted by Crippen LogP contribution is 2.22. The zero-order chi connectivity index (χ0) is 14.5. The van der Waals surface area contributed by atoms with Crippen molar-refractivity contribution in [1.29, 1.82) is 0 Å². The second-order valence-corrected chi connectivity index (χ2v) is 7.20. The van der Waals surface area contributed by atoms with Crippen LogP contribution in [0.3, 0.4) is 0 Å². The van der Waals surface area contributed by atoms with E-state index < -0.39 is 0 Å². The average molecular weight is 283 g/mol. The number of nitrogens with one attached hydrogen (secondary N) is 1. The average Bonchev–Trinajstić information content (AvgIpc) is 2.27. The summed E-state index contributed by atoms with van der Waals surface area (Å²) in [7, 11) is 0. The molecule has 0 spiro atoms. The van der Waals surface area contributed by atoms with E-state index in [0.29, 0.717) is 11.8 Å². The Balaban J connectivity index is 2.66. The fourth-order valence-corrected chi connectivity index (χ4v) is 2.43. The molecule has 1 N–H and O–H groups in total. The quantitative estimate of drug-likeness (QED) is 0.840. The van der Waals surface area contributed by atoms with Crippen molar-refractivity contribution in [2.75, 3.05) is 6.54 Å². The Morgan fingerprint density at radius 1 is 1.32 bits per heavy atom. The minimum atomic E-state index is 0.164. The number of nitrogens with zero attached hydrogens (tertiary/aromatic N) is 1. The topological polar surface area (TPSA) is 24.9 Å². The summed E-state index contributed by atoms with van der Waals surface area (Å²) in [5, 5.41) is 4.39. The molecule has 0 aliphatic heterocycles. The molecule has 0 saturated carbocycles. The van der Waals surface area contributed by atoms with E-state index in [1.807, 2.05) is 12.3 Å². The van der Waals surface area contributed by atoms with Gasteiger partial charge in [0, 0.05) is 17.9 Å². The second kappa shape index (κ2) is 7.25. The molecule has 0 saturated heterocycles. The number of halogens is 1. The molecular weight excluding hydrogens is 256 g/mol. The third-order valence-corrected chi connectivity index (χ3v) is 3.43. The van der Waals surface area contributed by atoms with Crippen LogP contribution in [0.4, 0.5) is 0 Å². The van der Waals surface area contributed by atoms with Gasteiger partial charge in [-0.25, -0.2) is 0 Å². The number of hydrogen-bond donors (Lipinski definition) is 1. The maximum absolute atomic E-state index is 6.21. The molecule has 3 heteroatoms. The summed E-state index contributed by atoms with van der Waals surface area (Å²) in [4.78, 5) is 4.05. The first-order valence-electron chi connectivity index (χ1n) is 7.11. The van der Waals surface area contributed by atoms with Gasteiger partial charge in [0.2, 0.25) is 0 Å². The van der Waals surface area contributed by atoms with Crippen LogP contribution < -0.4 is 5.32 Å². The molecule has 1 aromatic rings. The van der Waals surface area contributed by atoms with Crippen LogP contribution in [0.2, 0.25) is 5.02 Å². The Morgan fingerprint density at radius 3 is 2.53 bits per heavy atom. The van der Waals surface area contributed by atoms with Gasteiger partial charge in [-0.15, -0.1) is 0 Å². The molecule has 2 nitrogen and oxygen atoms in total. The molecule has 0 aromatic carbocycles. The molecule has 1 unspecified atom stereocenters. The highest BCUT2D eigenvalue weighted by Gasteiger charge is 2.17. The summed E-state index contributed by atoms with van der Waals surface area (Å²) in [6, 6.07) is 2.03. The number of aromatic nitrogens is 1. The normalized spacial score (nSPS) is 13.8. The summed E-state index contributed by atoms with van der Waals surface area (Å²) < 4.78 is 0. The highest BCUT2D eigenvalue weighted by molar-refractivity contribution is 6.31. The molecular formula is C16H27ClN2. The summed E-state index contributed by atoms with van der Waals surface area (Å²) >= 11 is 6.21. The van der Waals surface area contributed by atoms with Crippen molar-refractivity contribution in [2.45, 2.75) is 53.0 Å². The Hall–Kier alpha value is -0.600. The molecule has 19 heavy (non-hydrogen) atoms. The third kappa shape index (κ3) is 6.93. The van der Waals surface area contributed by atoms with Crippen molar-refractivity contribution in [3.05, 3.63) is 29.0 Å². The van der Waals surface area contributed by atoms with Gasteiger partial charge in [0.15, 0.2) is 0 Å². The van der Waals surface area contributed by atoms with E-state index in [9.17, 15) is 0 Å². The van der Waals surface area contributed by atoms with Gasteiger partial charge in [0.05, 0.1) is 5.02 Å². The van der Waals surface area contributed by atoms with Gasteiger partial charge in [-0.05, 0) is 63.6 Å². The minimum Gasteiger partial charge on any atom is -0.312 e. The van der Waals surface area contributed by atoms with E-state index in [2.05, 4.69) is 44.9 Å². The standard InChI is InChI=1S/C16H27ClN2/c1-12(2)8-13(10-19-16(3,4)5)9-14-6-7-18-11-15(14)17/h6-7,11-13,19H,8-10H2,1-5H3. The molecule has 0 bridgehead atoms. The fraction of sp³-hybridized carbons (Fsp3) is 0.688. The van der Waals surface area contributed by atoms with Crippen molar-refractivity contribution < 1.29 is 0 Å². The minimum absolute atomic E-state index is 0.164. The van der Waals surface area contributed by atoms with E-state index in [4.69, 9.17) is 11.6 Å². The van der Waals surface area contributed by atoms with Gasteiger partial charge in [-0.2, -0.15) is 0 Å². The van der Waals surface area contributed by atoms with Crippen LogP contribution in [-0.2, 0) is 6.42 Å². The molecule has 0 aliphatic rings. The lowest BCUT2D eigenvalue weighted by Crippen LogP contribution is -2.39. The van der Waals surface area contributed by atoms with Crippen molar-refractivity contribution >= 4 is 11.6 Å². The van der Waals surface area contributed by atoms with Gasteiger partial charge < -0.3 is 5.32 Å². The lowest BCUT2D eigenvalue weighted by molar-refractivity contribution is 0.331. The van der Waals surface area contributed by atoms with Crippen molar-refractivity contribution in [1.82, 2.24) is 10.3 Å². The SMILES string of the molecule is CC(C)CC(CNC(C)(C)C)Cc1ccncc1Cl. The van der Waals surface area contributed by atoms with E-state index >= 15 is 0 Å². The molecule has 1 aromatic heterocycles. The van der Waals surface area contributed by atoms with Crippen molar-refractivity contribution in [3.8, 4) is 0 Å². The van der Waals surface area contributed by atoms with Crippen LogP contribution in [-0.4, -0.2) is 17.1 Å². The second-order valence-electron chi connectivity index (χ2n) is 6.80. The zero-order valence-corrected chi connectivity index (χ0v) is 13.6. The van der Waals surface area contributed by atoms with E-state index in [1.54, 1.807) is 6.20 Å². The number of pyridine rings is 1. The number of hydrogen-bond acceptors (Lipinski definition) is 2. The van der Waals surface area contributed by atoms with Crippen molar-refractivity contribution in [2.24, 2.45) is 11.8 Å². The smallest absolute Gasteiger partial charge is 0.0621 e. The molecule has 1 heterocycles. The van der Waals surface area contributed by atoms with Crippen LogP contribution in [0.15, 0.2) is 18.5 Å². The maximum atomic E-state index is 6.21. The Morgan fingerprint density at radius 2 is 2.00 bits per heavy atom. The maximum Gasteiger partial charge on any atom is 0.0621 e. The van der Waals surface area contributed by atoms with Gasteiger partial charge in [-0.1, -0.05) is 25.4 Å². The largest absolute Gasteiger partial charge is 0.312 e. The predicted molar refractivity (Wildman–Crippen MR) is 83.7 cm³/mol. The zero-order valence-electron chi connectivity index (χ0n) is 12.8. The molecule has 0 fully saturated rings. The lowest BCUT2D eigenvalue weighted by atomic mass is 9.90. The predicted octanol–water partition coefficient (Wildman–Crippen LogP) is 4.33. The van der Waals surface area contributed by atoms with Crippen LogP contribution in [0.5, 0.6) is 0 Å². The molecule has 108 valence electrons. The first-order valence-corrected chi connectivity index (χ1v) is 7.49.